The van der Waals surface area contributed by atoms with Crippen LogP contribution in [-0.2, 0) is 23.1 Å². The van der Waals surface area contributed by atoms with Gasteiger partial charge in [0.25, 0.3) is 10.2 Å². The summed E-state index contributed by atoms with van der Waals surface area (Å²) >= 11 is 0. The Morgan fingerprint density at radius 1 is 1.03 bits per heavy atom. The average molecular weight is 481 g/mol. The average Bonchev–Trinajstić information content (AvgIpc) is 3.45. The molecule has 1 saturated carbocycles. The second kappa shape index (κ2) is 8.00. The third kappa shape index (κ3) is 3.51. The zero-order valence-electron chi connectivity index (χ0n) is 19.2. The molecule has 6 nitrogen and oxygen atoms in total. The Balaban J connectivity index is 1.30. The Morgan fingerprint density at radius 3 is 2.47 bits per heavy atom. The smallest absolute Gasteiger partial charge is 0.277 e. The minimum absolute atomic E-state index is 0.260. The highest BCUT2D eigenvalue weighted by Gasteiger charge is 2.59. The standard InChI is InChI=1S/C26H29FN4O2S/c1-2-11-31-16-26(30-34(31,32)33)21-7-8-22(26)14-20-12-19(4-3-18(20)13-21)25-15-24(28-29-25)17-5-9-23(27)10-6-17/h3-6,9-10,12,15,21-22,30H,2,7-8,11,13-14,16H2,1H3,(H,28,29). The SMILES string of the molecule is CCCN1CC2(NS1(=O)=O)C1CCC2Cc2cc(-c3cc(-c4ccc(F)cc4)[nH]n3)ccc2C1. The van der Waals surface area contributed by atoms with Crippen LogP contribution in [0.5, 0.6) is 0 Å². The summed E-state index contributed by atoms with van der Waals surface area (Å²) in [6, 6.07) is 14.9. The molecule has 3 aliphatic rings. The molecule has 1 aromatic heterocycles. The maximum Gasteiger partial charge on any atom is 0.280 e. The van der Waals surface area contributed by atoms with Crippen molar-refractivity contribution >= 4 is 10.2 Å². The molecule has 178 valence electrons. The van der Waals surface area contributed by atoms with Crippen molar-refractivity contribution in [3.8, 4) is 22.5 Å². The first-order valence-electron chi connectivity index (χ1n) is 12.1. The number of halogens is 1. The topological polar surface area (TPSA) is 78.1 Å². The van der Waals surface area contributed by atoms with Gasteiger partial charge < -0.3 is 0 Å². The molecule has 2 N–H and O–H groups in total. The summed E-state index contributed by atoms with van der Waals surface area (Å²) in [5.41, 5.74) is 5.87. The lowest BCUT2D eigenvalue weighted by molar-refractivity contribution is 0.213. The Bertz CT molecular complexity index is 1340. The maximum atomic E-state index is 13.3. The first-order valence-corrected chi connectivity index (χ1v) is 13.5. The van der Waals surface area contributed by atoms with Crippen molar-refractivity contribution in [3.05, 3.63) is 65.5 Å². The molecule has 2 bridgehead atoms. The number of aromatic amines is 1. The lowest BCUT2D eigenvalue weighted by atomic mass is 9.79. The first kappa shape index (κ1) is 21.9. The Hall–Kier alpha value is -2.55. The quantitative estimate of drug-likeness (QED) is 0.584. The van der Waals surface area contributed by atoms with Crippen molar-refractivity contribution in [1.29, 1.82) is 0 Å². The number of aromatic nitrogens is 2. The van der Waals surface area contributed by atoms with Gasteiger partial charge in [-0.15, -0.1) is 0 Å². The van der Waals surface area contributed by atoms with Gasteiger partial charge in [-0.25, -0.2) is 4.39 Å². The van der Waals surface area contributed by atoms with Gasteiger partial charge in [0.05, 0.1) is 16.9 Å². The van der Waals surface area contributed by atoms with Crippen LogP contribution in [0.2, 0.25) is 0 Å². The van der Waals surface area contributed by atoms with Crippen LogP contribution in [0, 0.1) is 17.7 Å². The number of rotatable bonds is 4. The highest BCUT2D eigenvalue weighted by atomic mass is 32.2. The van der Waals surface area contributed by atoms with Gasteiger partial charge in [0.2, 0.25) is 0 Å². The molecule has 0 radical (unpaired) electrons. The van der Waals surface area contributed by atoms with Crippen LogP contribution in [0.4, 0.5) is 4.39 Å². The molecule has 0 amide bonds. The van der Waals surface area contributed by atoms with E-state index in [0.29, 0.717) is 24.9 Å². The molecule has 34 heavy (non-hydrogen) atoms. The molecule has 2 aliphatic carbocycles. The number of nitrogens with zero attached hydrogens (tertiary/aromatic N) is 2. The van der Waals surface area contributed by atoms with Crippen LogP contribution in [0.25, 0.3) is 22.5 Å². The van der Waals surface area contributed by atoms with Crippen LogP contribution in [0.3, 0.4) is 0 Å². The number of H-pyrrole nitrogens is 1. The monoisotopic (exact) mass is 480 g/mol. The van der Waals surface area contributed by atoms with Crippen molar-refractivity contribution in [2.75, 3.05) is 13.1 Å². The third-order valence-corrected chi connectivity index (χ3v) is 9.69. The van der Waals surface area contributed by atoms with Gasteiger partial charge in [-0.05, 0) is 97.0 Å². The first-order chi connectivity index (χ1) is 16.4. The minimum atomic E-state index is -3.42. The van der Waals surface area contributed by atoms with E-state index in [1.54, 1.807) is 16.4 Å². The molecule has 2 aromatic carbocycles. The van der Waals surface area contributed by atoms with Crippen molar-refractivity contribution in [3.63, 3.8) is 0 Å². The molecule has 2 heterocycles. The zero-order valence-corrected chi connectivity index (χ0v) is 20.0. The van der Waals surface area contributed by atoms with Crippen molar-refractivity contribution < 1.29 is 12.8 Å². The molecule has 1 aliphatic heterocycles. The molecule has 1 saturated heterocycles. The predicted molar refractivity (Wildman–Crippen MR) is 130 cm³/mol. The van der Waals surface area contributed by atoms with E-state index in [1.165, 1.54) is 23.3 Å². The number of hydrogen-bond acceptors (Lipinski definition) is 3. The van der Waals surface area contributed by atoms with E-state index in [2.05, 4.69) is 33.1 Å². The number of nitrogens with one attached hydrogen (secondary N) is 2. The lowest BCUT2D eigenvalue weighted by Crippen LogP contribution is -2.52. The van der Waals surface area contributed by atoms with Crippen LogP contribution in [0.1, 0.15) is 37.3 Å². The lowest BCUT2D eigenvalue weighted by Gasteiger charge is -2.33. The number of benzene rings is 2. The van der Waals surface area contributed by atoms with E-state index in [9.17, 15) is 12.8 Å². The van der Waals surface area contributed by atoms with Gasteiger partial charge in [0.15, 0.2) is 0 Å². The fourth-order valence-corrected chi connectivity index (χ4v) is 8.17. The molecule has 3 atom stereocenters. The fourth-order valence-electron chi connectivity index (χ4n) is 6.36. The molecule has 3 aromatic rings. The van der Waals surface area contributed by atoms with E-state index in [0.717, 1.165) is 54.6 Å². The summed E-state index contributed by atoms with van der Waals surface area (Å²) in [5.74, 6) is 0.347. The Labute approximate surface area is 199 Å². The van der Waals surface area contributed by atoms with E-state index < -0.39 is 10.2 Å². The fraction of sp³-hybridized carbons (Fsp3) is 0.423. The van der Waals surface area contributed by atoms with Gasteiger partial charge in [-0.1, -0.05) is 19.1 Å². The summed E-state index contributed by atoms with van der Waals surface area (Å²) in [6.07, 6.45) is 4.70. The van der Waals surface area contributed by atoms with E-state index in [1.807, 2.05) is 13.0 Å². The zero-order chi connectivity index (χ0) is 23.5. The number of fused-ring (bicyclic) bond motifs is 1. The maximum absolute atomic E-state index is 13.3. The second-order valence-corrected chi connectivity index (χ2v) is 11.7. The van der Waals surface area contributed by atoms with E-state index in [-0.39, 0.29) is 11.4 Å². The van der Waals surface area contributed by atoms with Crippen LogP contribution >= 0.6 is 0 Å². The van der Waals surface area contributed by atoms with Crippen LogP contribution in [0.15, 0.2) is 48.5 Å². The number of hydrogen-bond donors (Lipinski definition) is 2. The second-order valence-electron chi connectivity index (χ2n) is 10.0. The molecular formula is C26H29FN4O2S. The van der Waals surface area contributed by atoms with Crippen LogP contribution < -0.4 is 4.72 Å². The van der Waals surface area contributed by atoms with Crippen LogP contribution in [-0.4, -0.2) is 41.5 Å². The molecule has 6 rings (SSSR count). The van der Waals surface area contributed by atoms with Crippen molar-refractivity contribution in [2.45, 2.75) is 44.6 Å². The molecule has 2 fully saturated rings. The predicted octanol–water partition coefficient (Wildman–Crippen LogP) is 4.31. The summed E-state index contributed by atoms with van der Waals surface area (Å²) < 4.78 is 43.8. The van der Waals surface area contributed by atoms with Gasteiger partial charge in [0, 0.05) is 18.7 Å². The summed E-state index contributed by atoms with van der Waals surface area (Å²) in [6.45, 7) is 3.18. The minimum Gasteiger partial charge on any atom is -0.277 e. The largest absolute Gasteiger partial charge is 0.280 e. The normalized spacial score (nSPS) is 27.7. The Kier molecular flexibility index (Phi) is 5.17. The van der Waals surface area contributed by atoms with Gasteiger partial charge >= 0.3 is 0 Å². The molecule has 8 heteroatoms. The van der Waals surface area contributed by atoms with E-state index >= 15 is 0 Å². The van der Waals surface area contributed by atoms with Gasteiger partial charge in [0.1, 0.15) is 5.82 Å². The van der Waals surface area contributed by atoms with Gasteiger partial charge in [-0.2, -0.15) is 22.5 Å². The van der Waals surface area contributed by atoms with Gasteiger partial charge in [-0.3, -0.25) is 5.10 Å². The van der Waals surface area contributed by atoms with Crippen molar-refractivity contribution in [2.24, 2.45) is 11.8 Å². The highest BCUT2D eigenvalue weighted by molar-refractivity contribution is 7.87. The molecular weight excluding hydrogens is 451 g/mol. The highest BCUT2D eigenvalue weighted by Crippen LogP contribution is 2.50. The Morgan fingerprint density at radius 2 is 1.74 bits per heavy atom. The molecule has 3 unspecified atom stereocenters. The third-order valence-electron chi connectivity index (χ3n) is 8.06. The van der Waals surface area contributed by atoms with Crippen molar-refractivity contribution in [1.82, 2.24) is 19.2 Å². The summed E-state index contributed by atoms with van der Waals surface area (Å²) in [4.78, 5) is 0. The summed E-state index contributed by atoms with van der Waals surface area (Å²) in [7, 11) is -3.42. The van der Waals surface area contributed by atoms with E-state index in [4.69, 9.17) is 0 Å². The summed E-state index contributed by atoms with van der Waals surface area (Å²) in [5, 5.41) is 7.58. The molecule has 1 spiro atoms.